The van der Waals surface area contributed by atoms with Crippen molar-refractivity contribution in [1.29, 1.82) is 0 Å². The van der Waals surface area contributed by atoms with E-state index in [9.17, 15) is 4.39 Å². The average molecular weight is 193 g/mol. The predicted molar refractivity (Wildman–Crippen MR) is 53.1 cm³/mol. The Bertz CT molecular complexity index is 358. The standard InChI is InChI=1S/C10H12FN3/c1-7-12-10(13-14(7)2)8-3-5-9(11)6-4-8/h3-6,10,13H,1-2H3. The highest BCUT2D eigenvalue weighted by molar-refractivity contribution is 5.80. The fourth-order valence-electron chi connectivity index (χ4n) is 1.37. The number of aliphatic imine (C=N–C) groups is 1. The van der Waals surface area contributed by atoms with Crippen LogP contribution >= 0.6 is 0 Å². The molecule has 1 heterocycles. The van der Waals surface area contributed by atoms with Crippen LogP contribution in [0.1, 0.15) is 18.7 Å². The maximum absolute atomic E-state index is 12.7. The molecule has 1 N–H and O–H groups in total. The zero-order valence-corrected chi connectivity index (χ0v) is 8.16. The molecule has 1 aliphatic rings. The summed E-state index contributed by atoms with van der Waals surface area (Å²) in [7, 11) is 1.91. The molecule has 14 heavy (non-hydrogen) atoms. The Morgan fingerprint density at radius 1 is 1.36 bits per heavy atom. The number of nitrogens with one attached hydrogen (secondary N) is 1. The third-order valence-electron chi connectivity index (χ3n) is 2.30. The quantitative estimate of drug-likeness (QED) is 0.735. The number of hydrogen-bond donors (Lipinski definition) is 1. The molecule has 4 heteroatoms. The van der Waals surface area contributed by atoms with Gasteiger partial charge in [-0.15, -0.1) is 0 Å². The smallest absolute Gasteiger partial charge is 0.144 e. The first kappa shape index (κ1) is 9.15. The van der Waals surface area contributed by atoms with E-state index in [0.717, 1.165) is 11.4 Å². The maximum Gasteiger partial charge on any atom is 0.144 e. The van der Waals surface area contributed by atoms with Crippen molar-refractivity contribution in [1.82, 2.24) is 10.4 Å². The second-order valence-corrected chi connectivity index (χ2v) is 3.32. The molecule has 0 saturated heterocycles. The minimum absolute atomic E-state index is 0.0828. The van der Waals surface area contributed by atoms with Crippen molar-refractivity contribution in [2.24, 2.45) is 4.99 Å². The third-order valence-corrected chi connectivity index (χ3v) is 2.30. The number of hydrogen-bond acceptors (Lipinski definition) is 3. The molecular weight excluding hydrogens is 181 g/mol. The number of halogens is 1. The maximum atomic E-state index is 12.7. The van der Waals surface area contributed by atoms with Crippen molar-refractivity contribution in [2.75, 3.05) is 7.05 Å². The average Bonchev–Trinajstić information content (AvgIpc) is 2.48. The fraction of sp³-hybridized carbons (Fsp3) is 0.300. The van der Waals surface area contributed by atoms with Gasteiger partial charge in [0.25, 0.3) is 0 Å². The van der Waals surface area contributed by atoms with Gasteiger partial charge in [0, 0.05) is 7.05 Å². The van der Waals surface area contributed by atoms with Crippen LogP contribution in [-0.4, -0.2) is 17.9 Å². The van der Waals surface area contributed by atoms with Crippen LogP contribution in [0, 0.1) is 5.82 Å². The van der Waals surface area contributed by atoms with E-state index >= 15 is 0 Å². The van der Waals surface area contributed by atoms with Gasteiger partial charge in [0.05, 0.1) is 0 Å². The highest BCUT2D eigenvalue weighted by Gasteiger charge is 2.19. The third kappa shape index (κ3) is 1.61. The molecule has 0 fully saturated rings. The van der Waals surface area contributed by atoms with Crippen molar-refractivity contribution < 1.29 is 4.39 Å². The second kappa shape index (κ2) is 3.38. The molecule has 0 aliphatic carbocycles. The first-order chi connectivity index (χ1) is 6.66. The van der Waals surface area contributed by atoms with E-state index in [1.54, 1.807) is 12.1 Å². The van der Waals surface area contributed by atoms with Crippen molar-refractivity contribution in [3.63, 3.8) is 0 Å². The molecule has 3 nitrogen and oxygen atoms in total. The number of rotatable bonds is 1. The van der Waals surface area contributed by atoms with E-state index in [1.165, 1.54) is 12.1 Å². The van der Waals surface area contributed by atoms with Crippen LogP contribution in [0.25, 0.3) is 0 Å². The SMILES string of the molecule is CC1=NC(c2ccc(F)cc2)NN1C. The Kier molecular flexibility index (Phi) is 2.21. The molecule has 1 aliphatic heterocycles. The van der Waals surface area contributed by atoms with E-state index in [-0.39, 0.29) is 12.0 Å². The second-order valence-electron chi connectivity index (χ2n) is 3.32. The van der Waals surface area contributed by atoms with Crippen molar-refractivity contribution in [3.8, 4) is 0 Å². The highest BCUT2D eigenvalue weighted by Crippen LogP contribution is 2.19. The summed E-state index contributed by atoms with van der Waals surface area (Å²) in [6.45, 7) is 1.93. The summed E-state index contributed by atoms with van der Waals surface area (Å²) in [6, 6.07) is 6.37. The van der Waals surface area contributed by atoms with Gasteiger partial charge >= 0.3 is 0 Å². The van der Waals surface area contributed by atoms with Crippen molar-refractivity contribution in [3.05, 3.63) is 35.6 Å². The van der Waals surface area contributed by atoms with Crippen molar-refractivity contribution in [2.45, 2.75) is 13.1 Å². The van der Waals surface area contributed by atoms with Gasteiger partial charge in [-0.25, -0.2) is 14.8 Å². The molecule has 1 unspecified atom stereocenters. The fourth-order valence-corrected chi connectivity index (χ4v) is 1.37. The molecule has 2 rings (SSSR count). The Morgan fingerprint density at radius 3 is 2.50 bits per heavy atom. The Balaban J connectivity index is 2.22. The summed E-state index contributed by atoms with van der Waals surface area (Å²) in [5.74, 6) is 0.708. The Morgan fingerprint density at radius 2 is 2.00 bits per heavy atom. The summed E-state index contributed by atoms with van der Waals surface area (Å²) in [5, 5.41) is 1.86. The van der Waals surface area contributed by atoms with E-state index in [4.69, 9.17) is 0 Å². The molecule has 1 atom stereocenters. The molecule has 1 aromatic rings. The van der Waals surface area contributed by atoms with E-state index in [0.29, 0.717) is 0 Å². The Hall–Kier alpha value is -1.42. The zero-order valence-electron chi connectivity index (χ0n) is 8.16. The lowest BCUT2D eigenvalue weighted by molar-refractivity contribution is 0.352. The number of nitrogens with zero attached hydrogens (tertiary/aromatic N) is 2. The lowest BCUT2D eigenvalue weighted by atomic mass is 10.2. The van der Waals surface area contributed by atoms with Gasteiger partial charge in [-0.05, 0) is 24.6 Å². The van der Waals surface area contributed by atoms with E-state index < -0.39 is 0 Å². The van der Waals surface area contributed by atoms with Gasteiger partial charge in [0.15, 0.2) is 0 Å². The van der Waals surface area contributed by atoms with Gasteiger partial charge in [-0.1, -0.05) is 12.1 Å². The molecule has 0 bridgehead atoms. The minimum Gasteiger partial charge on any atom is -0.297 e. The van der Waals surface area contributed by atoms with E-state index in [1.807, 2.05) is 19.0 Å². The summed E-state index contributed by atoms with van der Waals surface area (Å²) in [4.78, 5) is 4.38. The highest BCUT2D eigenvalue weighted by atomic mass is 19.1. The lowest BCUT2D eigenvalue weighted by Crippen LogP contribution is -2.32. The summed E-state index contributed by atoms with van der Waals surface area (Å²) in [6.07, 6.45) is -0.0828. The van der Waals surface area contributed by atoms with Crippen LogP contribution in [0.3, 0.4) is 0 Å². The first-order valence-electron chi connectivity index (χ1n) is 4.46. The van der Waals surface area contributed by atoms with Crippen molar-refractivity contribution >= 4 is 5.84 Å². The summed E-state index contributed by atoms with van der Waals surface area (Å²) in [5.41, 5.74) is 4.11. The monoisotopic (exact) mass is 193 g/mol. The number of amidine groups is 1. The van der Waals surface area contributed by atoms with Gasteiger partial charge < -0.3 is 0 Å². The molecule has 0 saturated carbocycles. The lowest BCUT2D eigenvalue weighted by Gasteiger charge is -2.14. The molecule has 0 amide bonds. The molecule has 0 aromatic heterocycles. The van der Waals surface area contributed by atoms with Gasteiger partial charge in [0.2, 0.25) is 0 Å². The largest absolute Gasteiger partial charge is 0.297 e. The topological polar surface area (TPSA) is 27.6 Å². The van der Waals surface area contributed by atoms with Crippen LogP contribution in [0.15, 0.2) is 29.3 Å². The molecule has 1 aromatic carbocycles. The van der Waals surface area contributed by atoms with Crippen LogP contribution < -0.4 is 5.43 Å². The normalized spacial score (nSPS) is 21.2. The minimum atomic E-state index is -0.221. The summed E-state index contributed by atoms with van der Waals surface area (Å²) < 4.78 is 12.7. The molecular formula is C10H12FN3. The zero-order chi connectivity index (χ0) is 10.1. The van der Waals surface area contributed by atoms with Crippen LogP contribution in [-0.2, 0) is 0 Å². The van der Waals surface area contributed by atoms with E-state index in [2.05, 4.69) is 10.4 Å². The van der Waals surface area contributed by atoms with Crippen LogP contribution in [0.2, 0.25) is 0 Å². The first-order valence-corrected chi connectivity index (χ1v) is 4.46. The number of benzene rings is 1. The predicted octanol–water partition coefficient (Wildman–Crippen LogP) is 1.69. The number of hydrazine groups is 1. The van der Waals surface area contributed by atoms with Gasteiger partial charge in [-0.3, -0.25) is 5.01 Å². The summed E-state index contributed by atoms with van der Waals surface area (Å²) >= 11 is 0. The van der Waals surface area contributed by atoms with Gasteiger partial charge in [-0.2, -0.15) is 0 Å². The van der Waals surface area contributed by atoms with Gasteiger partial charge in [0.1, 0.15) is 17.8 Å². The van der Waals surface area contributed by atoms with Crippen LogP contribution in [0.4, 0.5) is 4.39 Å². The molecule has 0 spiro atoms. The Labute approximate surface area is 82.2 Å². The molecule has 74 valence electrons. The molecule has 0 radical (unpaired) electrons. The van der Waals surface area contributed by atoms with Crippen LogP contribution in [0.5, 0.6) is 0 Å².